The number of nitrogens with zero attached hydrogens (tertiary/aromatic N) is 2. The van der Waals surface area contributed by atoms with Gasteiger partial charge in [0, 0.05) is 6.42 Å². The fourth-order valence-electron chi connectivity index (χ4n) is 4.83. The number of hydrogen-bond donors (Lipinski definition) is 0. The van der Waals surface area contributed by atoms with Crippen molar-refractivity contribution in [2.75, 3.05) is 0 Å². The van der Waals surface area contributed by atoms with E-state index in [1.54, 1.807) is 0 Å². The number of benzene rings is 1. The van der Waals surface area contributed by atoms with Gasteiger partial charge in [-0.2, -0.15) is 0 Å². The highest BCUT2D eigenvalue weighted by Gasteiger charge is 2.15. The van der Waals surface area contributed by atoms with Crippen LogP contribution in [0.3, 0.4) is 0 Å². The Hall–Kier alpha value is -1.57. The highest BCUT2D eigenvalue weighted by atomic mass is 15.1. The molecule has 0 saturated carbocycles. The Balaban J connectivity index is 1.47. The lowest BCUT2D eigenvalue weighted by atomic mass is 10.0. The van der Waals surface area contributed by atoms with Gasteiger partial charge in [0.1, 0.15) is 18.9 Å². The van der Waals surface area contributed by atoms with E-state index < -0.39 is 0 Å². The molecule has 2 heteroatoms. The van der Waals surface area contributed by atoms with Crippen LogP contribution in [0.15, 0.2) is 42.7 Å². The number of rotatable bonds is 20. The molecule has 0 aliphatic carbocycles. The predicted octanol–water partition coefficient (Wildman–Crippen LogP) is 8.65. The number of unbranched alkanes of at least 4 members (excludes halogenated alkanes) is 15. The number of imidazole rings is 1. The van der Waals surface area contributed by atoms with E-state index in [2.05, 4.69) is 65.7 Å². The molecule has 2 aromatic rings. The predicted molar refractivity (Wildman–Crippen MR) is 139 cm³/mol. The zero-order valence-electron chi connectivity index (χ0n) is 21.4. The topological polar surface area (TPSA) is 8.81 Å². The third-order valence-electron chi connectivity index (χ3n) is 6.88. The summed E-state index contributed by atoms with van der Waals surface area (Å²) < 4.78 is 4.87. The molecule has 1 heterocycles. The van der Waals surface area contributed by atoms with Crippen LogP contribution in [0.1, 0.15) is 128 Å². The molecule has 0 bridgehead atoms. The number of aryl methyl sites for hydroxylation is 1. The molecule has 180 valence electrons. The van der Waals surface area contributed by atoms with Gasteiger partial charge in [0.25, 0.3) is 5.82 Å². The van der Waals surface area contributed by atoms with Crippen molar-refractivity contribution in [3.05, 3.63) is 54.1 Å². The lowest BCUT2D eigenvalue weighted by Gasteiger charge is -2.05. The van der Waals surface area contributed by atoms with Crippen LogP contribution in [0, 0.1) is 0 Å². The van der Waals surface area contributed by atoms with Gasteiger partial charge in [-0.3, -0.25) is 0 Å². The Morgan fingerprint density at radius 3 is 1.62 bits per heavy atom. The van der Waals surface area contributed by atoms with E-state index in [0.717, 1.165) is 13.1 Å². The third kappa shape index (κ3) is 11.3. The number of hydrogen-bond acceptors (Lipinski definition) is 0. The molecule has 0 radical (unpaired) electrons. The standard InChI is InChI=1S/C30H51N2/c1-3-5-6-7-8-9-10-11-12-13-14-15-16-17-18-22-25-30-31(4-2)26-27-32(30)28-29-23-20-19-21-24-29/h19-21,23-24,26-27H,3-18,22,25,28H2,1-2H3/q+1. The molecule has 0 aliphatic rings. The van der Waals surface area contributed by atoms with Crippen molar-refractivity contribution in [2.45, 2.75) is 136 Å². The molecule has 2 rings (SSSR count). The highest BCUT2D eigenvalue weighted by molar-refractivity contribution is 5.13. The van der Waals surface area contributed by atoms with Crippen LogP contribution in [-0.2, 0) is 19.5 Å². The quantitative estimate of drug-likeness (QED) is 0.144. The van der Waals surface area contributed by atoms with E-state index in [1.165, 1.54) is 121 Å². The fourth-order valence-corrected chi connectivity index (χ4v) is 4.83. The first kappa shape index (κ1) is 26.7. The molecule has 0 atom stereocenters. The Kier molecular flexibility index (Phi) is 14.9. The zero-order valence-corrected chi connectivity index (χ0v) is 21.4. The molecule has 0 saturated heterocycles. The number of aromatic nitrogens is 2. The smallest absolute Gasteiger partial charge is 0.235 e. The van der Waals surface area contributed by atoms with Crippen molar-refractivity contribution in [1.82, 2.24) is 4.57 Å². The lowest BCUT2D eigenvalue weighted by molar-refractivity contribution is -0.695. The van der Waals surface area contributed by atoms with Gasteiger partial charge in [0.2, 0.25) is 0 Å². The monoisotopic (exact) mass is 439 g/mol. The summed E-state index contributed by atoms with van der Waals surface area (Å²) in [6, 6.07) is 10.8. The van der Waals surface area contributed by atoms with Gasteiger partial charge >= 0.3 is 0 Å². The van der Waals surface area contributed by atoms with Crippen LogP contribution in [0.4, 0.5) is 0 Å². The second-order valence-corrected chi connectivity index (χ2v) is 9.67. The van der Waals surface area contributed by atoms with Crippen molar-refractivity contribution in [2.24, 2.45) is 0 Å². The fraction of sp³-hybridized carbons (Fsp3) is 0.700. The van der Waals surface area contributed by atoms with Gasteiger partial charge in [-0.15, -0.1) is 0 Å². The van der Waals surface area contributed by atoms with Crippen molar-refractivity contribution in [3.8, 4) is 0 Å². The normalized spacial score (nSPS) is 11.3. The molecule has 1 aromatic carbocycles. The molecular weight excluding hydrogens is 388 g/mol. The molecule has 0 unspecified atom stereocenters. The summed E-state index contributed by atoms with van der Waals surface area (Å²) in [5.41, 5.74) is 1.39. The van der Waals surface area contributed by atoms with Crippen LogP contribution in [-0.4, -0.2) is 4.57 Å². The minimum absolute atomic E-state index is 0.988. The van der Waals surface area contributed by atoms with E-state index in [1.807, 2.05) is 0 Å². The summed E-state index contributed by atoms with van der Waals surface area (Å²) >= 11 is 0. The van der Waals surface area contributed by atoms with Crippen molar-refractivity contribution in [3.63, 3.8) is 0 Å². The Labute approximate surface area is 199 Å². The van der Waals surface area contributed by atoms with Crippen LogP contribution in [0.25, 0.3) is 0 Å². The van der Waals surface area contributed by atoms with E-state index >= 15 is 0 Å². The van der Waals surface area contributed by atoms with E-state index in [4.69, 9.17) is 0 Å². The summed E-state index contributed by atoms with van der Waals surface area (Å²) in [6.45, 7) is 6.61. The minimum atomic E-state index is 0.988. The first-order valence-electron chi connectivity index (χ1n) is 14.0. The highest BCUT2D eigenvalue weighted by Crippen LogP contribution is 2.14. The summed E-state index contributed by atoms with van der Waals surface area (Å²) in [5, 5.41) is 0. The van der Waals surface area contributed by atoms with Crippen molar-refractivity contribution in [1.29, 1.82) is 0 Å². The minimum Gasteiger partial charge on any atom is -0.235 e. The summed E-state index contributed by atoms with van der Waals surface area (Å²) in [4.78, 5) is 0. The lowest BCUT2D eigenvalue weighted by Crippen LogP contribution is -2.37. The van der Waals surface area contributed by atoms with Crippen LogP contribution < -0.4 is 4.57 Å². The molecule has 0 N–H and O–H groups in total. The molecule has 2 nitrogen and oxygen atoms in total. The van der Waals surface area contributed by atoms with Crippen LogP contribution >= 0.6 is 0 Å². The Morgan fingerprint density at radius 2 is 1.12 bits per heavy atom. The Morgan fingerprint density at radius 1 is 0.625 bits per heavy atom. The first-order chi connectivity index (χ1) is 15.8. The molecular formula is C30H51N2+. The second kappa shape index (κ2) is 17.9. The van der Waals surface area contributed by atoms with E-state index in [9.17, 15) is 0 Å². The van der Waals surface area contributed by atoms with Crippen molar-refractivity contribution >= 4 is 0 Å². The molecule has 1 aromatic heterocycles. The largest absolute Gasteiger partial charge is 0.256 e. The molecule has 0 fully saturated rings. The van der Waals surface area contributed by atoms with Gasteiger partial charge in [0.15, 0.2) is 0 Å². The zero-order chi connectivity index (χ0) is 22.7. The second-order valence-electron chi connectivity index (χ2n) is 9.67. The molecule has 0 spiro atoms. The maximum absolute atomic E-state index is 2.45. The Bertz CT molecular complexity index is 673. The van der Waals surface area contributed by atoms with Gasteiger partial charge in [-0.25, -0.2) is 9.13 Å². The third-order valence-corrected chi connectivity index (χ3v) is 6.88. The van der Waals surface area contributed by atoms with E-state index in [-0.39, 0.29) is 0 Å². The molecule has 0 amide bonds. The first-order valence-corrected chi connectivity index (χ1v) is 14.0. The van der Waals surface area contributed by atoms with Crippen molar-refractivity contribution < 1.29 is 4.57 Å². The summed E-state index contributed by atoms with van der Waals surface area (Å²) in [7, 11) is 0. The maximum Gasteiger partial charge on any atom is 0.256 e. The van der Waals surface area contributed by atoms with Gasteiger partial charge in [-0.1, -0.05) is 134 Å². The summed E-state index contributed by atoms with van der Waals surface area (Å²) in [5.74, 6) is 1.49. The molecule has 0 aliphatic heterocycles. The summed E-state index contributed by atoms with van der Waals surface area (Å²) in [6.07, 6.45) is 28.6. The SMILES string of the molecule is CCCCCCCCCCCCCCCCCCc1n(CC)cc[n+]1Cc1ccccc1. The maximum atomic E-state index is 2.45. The van der Waals surface area contributed by atoms with Crippen LogP contribution in [0.2, 0.25) is 0 Å². The average molecular weight is 440 g/mol. The van der Waals surface area contributed by atoms with Gasteiger partial charge in [0.05, 0.1) is 6.54 Å². The molecule has 32 heavy (non-hydrogen) atoms. The van der Waals surface area contributed by atoms with Crippen LogP contribution in [0.5, 0.6) is 0 Å². The van der Waals surface area contributed by atoms with Gasteiger partial charge in [-0.05, 0) is 18.9 Å². The average Bonchev–Trinajstić information content (AvgIpc) is 3.20. The van der Waals surface area contributed by atoms with E-state index in [0.29, 0.717) is 0 Å². The van der Waals surface area contributed by atoms with Gasteiger partial charge < -0.3 is 0 Å².